The molecule has 0 aliphatic carbocycles. The molecule has 1 fully saturated rings. The fourth-order valence-electron chi connectivity index (χ4n) is 2.66. The van der Waals surface area contributed by atoms with Gasteiger partial charge in [-0.15, -0.1) is 11.3 Å². The third-order valence-electron chi connectivity index (χ3n) is 4.21. The van der Waals surface area contributed by atoms with Gasteiger partial charge in [-0.3, -0.25) is 20.0 Å². The van der Waals surface area contributed by atoms with Gasteiger partial charge in [0.15, 0.2) is 5.13 Å². The van der Waals surface area contributed by atoms with Crippen LogP contribution < -0.4 is 5.32 Å². The van der Waals surface area contributed by atoms with E-state index in [-0.39, 0.29) is 5.91 Å². The van der Waals surface area contributed by atoms with Crippen molar-refractivity contribution >= 4 is 22.4 Å². The number of anilines is 1. The van der Waals surface area contributed by atoms with Gasteiger partial charge in [0.25, 0.3) is 5.91 Å². The topological polar surface area (TPSA) is 58.1 Å². The van der Waals surface area contributed by atoms with Crippen molar-refractivity contribution in [2.24, 2.45) is 5.92 Å². The van der Waals surface area contributed by atoms with Crippen LogP contribution >= 0.6 is 11.3 Å². The summed E-state index contributed by atoms with van der Waals surface area (Å²) in [5, 5.41) is 5.53. The molecule has 3 heterocycles. The standard InChI is InChI=1S/C17H22N4OS/c1-12-5-7-21(8-6-12)10-15-11-23-17(19-15)20-16(22)14-4-3-13(2)18-9-14/h3-4,9,11-12H,5-8,10H2,1-2H3,(H,19,20,22). The highest BCUT2D eigenvalue weighted by molar-refractivity contribution is 7.13. The van der Waals surface area contributed by atoms with Gasteiger partial charge in [-0.25, -0.2) is 4.98 Å². The van der Waals surface area contributed by atoms with Gasteiger partial charge in [0.2, 0.25) is 0 Å². The summed E-state index contributed by atoms with van der Waals surface area (Å²) in [5.41, 5.74) is 2.48. The van der Waals surface area contributed by atoms with E-state index in [1.807, 2.05) is 18.4 Å². The van der Waals surface area contributed by atoms with Crippen molar-refractivity contribution in [1.29, 1.82) is 0 Å². The molecule has 1 N–H and O–H groups in total. The van der Waals surface area contributed by atoms with Crippen LogP contribution in [-0.4, -0.2) is 33.9 Å². The van der Waals surface area contributed by atoms with Crippen molar-refractivity contribution in [1.82, 2.24) is 14.9 Å². The minimum absolute atomic E-state index is 0.162. The van der Waals surface area contributed by atoms with Crippen LogP contribution in [0.15, 0.2) is 23.7 Å². The van der Waals surface area contributed by atoms with Crippen molar-refractivity contribution in [3.8, 4) is 0 Å². The molecule has 122 valence electrons. The maximum Gasteiger partial charge on any atom is 0.259 e. The number of pyridine rings is 1. The number of rotatable bonds is 4. The summed E-state index contributed by atoms with van der Waals surface area (Å²) < 4.78 is 0. The lowest BCUT2D eigenvalue weighted by Gasteiger charge is -2.29. The average Bonchev–Trinajstić information content (AvgIpc) is 2.97. The van der Waals surface area contributed by atoms with Gasteiger partial charge < -0.3 is 0 Å². The number of amides is 1. The lowest BCUT2D eigenvalue weighted by atomic mass is 9.99. The molecule has 1 amide bonds. The number of nitrogens with one attached hydrogen (secondary N) is 1. The Morgan fingerprint density at radius 3 is 2.87 bits per heavy atom. The average molecular weight is 330 g/mol. The van der Waals surface area contributed by atoms with E-state index in [1.165, 1.54) is 24.2 Å². The number of aryl methyl sites for hydroxylation is 1. The summed E-state index contributed by atoms with van der Waals surface area (Å²) in [6.45, 7) is 7.35. The van der Waals surface area contributed by atoms with Crippen molar-refractivity contribution < 1.29 is 4.79 Å². The van der Waals surface area contributed by atoms with E-state index in [0.29, 0.717) is 10.7 Å². The molecule has 0 spiro atoms. The van der Waals surface area contributed by atoms with Gasteiger partial charge in [-0.1, -0.05) is 6.92 Å². The first-order valence-electron chi connectivity index (χ1n) is 8.01. The fourth-order valence-corrected chi connectivity index (χ4v) is 3.35. The monoisotopic (exact) mass is 330 g/mol. The summed E-state index contributed by atoms with van der Waals surface area (Å²) in [6.07, 6.45) is 4.11. The Kier molecular flexibility index (Phi) is 5.03. The highest BCUT2D eigenvalue weighted by Crippen LogP contribution is 2.21. The van der Waals surface area contributed by atoms with Crippen molar-refractivity contribution in [3.05, 3.63) is 40.7 Å². The molecular weight excluding hydrogens is 308 g/mol. The van der Waals surface area contributed by atoms with Gasteiger partial charge in [0, 0.05) is 23.8 Å². The predicted octanol–water partition coefficient (Wildman–Crippen LogP) is 3.33. The second-order valence-electron chi connectivity index (χ2n) is 6.25. The molecule has 1 saturated heterocycles. The van der Waals surface area contributed by atoms with E-state index in [4.69, 9.17) is 0 Å². The zero-order chi connectivity index (χ0) is 16.2. The first-order chi connectivity index (χ1) is 11.1. The zero-order valence-electron chi connectivity index (χ0n) is 13.6. The number of nitrogens with zero attached hydrogens (tertiary/aromatic N) is 3. The van der Waals surface area contributed by atoms with E-state index in [1.54, 1.807) is 12.3 Å². The number of piperidine rings is 1. The van der Waals surface area contributed by atoms with Gasteiger partial charge in [-0.2, -0.15) is 0 Å². The van der Waals surface area contributed by atoms with Crippen LogP contribution in [0.5, 0.6) is 0 Å². The maximum atomic E-state index is 12.2. The van der Waals surface area contributed by atoms with Crippen LogP contribution in [0, 0.1) is 12.8 Å². The van der Waals surface area contributed by atoms with Crippen molar-refractivity contribution in [3.63, 3.8) is 0 Å². The minimum Gasteiger partial charge on any atom is -0.298 e. The van der Waals surface area contributed by atoms with Gasteiger partial charge in [-0.05, 0) is 50.9 Å². The van der Waals surface area contributed by atoms with Gasteiger partial charge in [0.1, 0.15) is 0 Å². The smallest absolute Gasteiger partial charge is 0.259 e. The lowest BCUT2D eigenvalue weighted by molar-refractivity contribution is 0.102. The number of aromatic nitrogens is 2. The largest absolute Gasteiger partial charge is 0.298 e. The van der Waals surface area contributed by atoms with Gasteiger partial charge >= 0.3 is 0 Å². The zero-order valence-corrected chi connectivity index (χ0v) is 14.4. The normalized spacial score (nSPS) is 16.4. The lowest BCUT2D eigenvalue weighted by Crippen LogP contribution is -2.32. The van der Waals surface area contributed by atoms with Crippen LogP contribution in [0.25, 0.3) is 0 Å². The molecule has 1 aliphatic rings. The molecule has 0 atom stereocenters. The molecule has 3 rings (SSSR count). The van der Waals surface area contributed by atoms with Crippen molar-refractivity contribution in [2.75, 3.05) is 18.4 Å². The van der Waals surface area contributed by atoms with Crippen LogP contribution in [0.4, 0.5) is 5.13 Å². The Balaban J connectivity index is 1.56. The molecule has 0 radical (unpaired) electrons. The summed E-state index contributed by atoms with van der Waals surface area (Å²) in [5.74, 6) is 0.671. The number of carbonyl (C=O) groups is 1. The molecule has 23 heavy (non-hydrogen) atoms. The number of carbonyl (C=O) groups excluding carboxylic acids is 1. The number of hydrogen-bond donors (Lipinski definition) is 1. The highest BCUT2D eigenvalue weighted by atomic mass is 32.1. The van der Waals surface area contributed by atoms with E-state index < -0.39 is 0 Å². The molecule has 0 unspecified atom stereocenters. The van der Waals surface area contributed by atoms with Crippen LogP contribution in [-0.2, 0) is 6.54 Å². The minimum atomic E-state index is -0.162. The molecule has 0 aromatic carbocycles. The summed E-state index contributed by atoms with van der Waals surface area (Å²) in [6, 6.07) is 3.61. The van der Waals surface area contributed by atoms with Gasteiger partial charge in [0.05, 0.1) is 11.3 Å². The second-order valence-corrected chi connectivity index (χ2v) is 7.10. The number of hydrogen-bond acceptors (Lipinski definition) is 5. The molecule has 6 heteroatoms. The van der Waals surface area contributed by atoms with E-state index in [0.717, 1.165) is 36.9 Å². The Bertz CT molecular complexity index is 659. The Morgan fingerprint density at radius 2 is 2.17 bits per heavy atom. The van der Waals surface area contributed by atoms with Crippen molar-refractivity contribution in [2.45, 2.75) is 33.2 Å². The van der Waals surface area contributed by atoms with E-state index in [2.05, 4.69) is 27.1 Å². The molecule has 2 aromatic heterocycles. The third-order valence-corrected chi connectivity index (χ3v) is 5.01. The second kappa shape index (κ2) is 7.19. The molecule has 0 bridgehead atoms. The molecule has 1 aliphatic heterocycles. The van der Waals surface area contributed by atoms with E-state index in [9.17, 15) is 4.79 Å². The summed E-state index contributed by atoms with van der Waals surface area (Å²) in [4.78, 5) is 23.3. The highest BCUT2D eigenvalue weighted by Gasteiger charge is 2.17. The Labute approximate surface area is 140 Å². The van der Waals surface area contributed by atoms with Crippen LogP contribution in [0.3, 0.4) is 0 Å². The van der Waals surface area contributed by atoms with E-state index >= 15 is 0 Å². The number of likely N-dealkylation sites (tertiary alicyclic amines) is 1. The third kappa shape index (κ3) is 4.36. The maximum absolute atomic E-state index is 12.2. The van der Waals surface area contributed by atoms with Crippen LogP contribution in [0.2, 0.25) is 0 Å². The fraction of sp³-hybridized carbons (Fsp3) is 0.471. The molecular formula is C17H22N4OS. The van der Waals surface area contributed by atoms with Crippen LogP contribution in [0.1, 0.15) is 41.5 Å². The quantitative estimate of drug-likeness (QED) is 0.934. The molecule has 5 nitrogen and oxygen atoms in total. The molecule has 2 aromatic rings. The summed E-state index contributed by atoms with van der Waals surface area (Å²) >= 11 is 1.47. The Hall–Kier alpha value is -1.79. The molecule has 0 saturated carbocycles. The first kappa shape index (κ1) is 16.1. The Morgan fingerprint density at radius 1 is 1.39 bits per heavy atom. The number of thiazole rings is 1. The first-order valence-corrected chi connectivity index (χ1v) is 8.89. The predicted molar refractivity (Wildman–Crippen MR) is 92.7 cm³/mol. The summed E-state index contributed by atoms with van der Waals surface area (Å²) in [7, 11) is 0. The SMILES string of the molecule is Cc1ccc(C(=O)Nc2nc(CN3CCC(C)CC3)cs2)cn1.